The highest BCUT2D eigenvalue weighted by molar-refractivity contribution is 6.01. The molecule has 2 saturated carbocycles. The van der Waals surface area contributed by atoms with Crippen molar-refractivity contribution in [2.24, 2.45) is 11.8 Å². The van der Waals surface area contributed by atoms with Gasteiger partial charge in [-0.1, -0.05) is 43.9 Å². The van der Waals surface area contributed by atoms with Gasteiger partial charge in [0, 0.05) is 29.5 Å². The minimum absolute atomic E-state index is 0.0316. The van der Waals surface area contributed by atoms with Crippen molar-refractivity contribution in [1.29, 1.82) is 0 Å². The molecule has 5 heteroatoms. The number of rotatable bonds is 4. The summed E-state index contributed by atoms with van der Waals surface area (Å²) in [7, 11) is 0. The van der Waals surface area contributed by atoms with E-state index in [-0.39, 0.29) is 23.7 Å². The van der Waals surface area contributed by atoms with Crippen LogP contribution in [0.3, 0.4) is 0 Å². The standard InChI is InChI=1S/C24H31N3O2/c28-23(26-20-9-3-1-2-4-10-20)18-12-14-19(15-13-18)24(29)27-21-11-5-7-17-8-6-16-25-22(17)21/h5-8,11,16,18-20H,1-4,9-10,12-15H2,(H,26,28)(H,27,29). The van der Waals surface area contributed by atoms with Crippen LogP contribution in [-0.2, 0) is 9.59 Å². The van der Waals surface area contributed by atoms with E-state index < -0.39 is 0 Å². The number of anilines is 1. The summed E-state index contributed by atoms with van der Waals surface area (Å²) < 4.78 is 0. The third-order valence-electron chi connectivity index (χ3n) is 6.56. The molecule has 0 atom stereocenters. The van der Waals surface area contributed by atoms with E-state index in [9.17, 15) is 9.59 Å². The van der Waals surface area contributed by atoms with Gasteiger partial charge in [-0.2, -0.15) is 0 Å². The van der Waals surface area contributed by atoms with E-state index >= 15 is 0 Å². The summed E-state index contributed by atoms with van der Waals surface area (Å²) in [5.74, 6) is 0.275. The van der Waals surface area contributed by atoms with Crippen LogP contribution < -0.4 is 10.6 Å². The SMILES string of the molecule is O=C(Nc1cccc2cccnc12)C1CCC(C(=O)NC2CCCCCC2)CC1. The maximum absolute atomic E-state index is 12.8. The number of carbonyl (C=O) groups is 2. The number of benzene rings is 1. The van der Waals surface area contributed by atoms with Gasteiger partial charge in [0.2, 0.25) is 11.8 Å². The first kappa shape index (κ1) is 19.9. The van der Waals surface area contributed by atoms with Gasteiger partial charge in [-0.25, -0.2) is 0 Å². The number of hydrogen-bond acceptors (Lipinski definition) is 3. The quantitative estimate of drug-likeness (QED) is 0.732. The highest BCUT2D eigenvalue weighted by atomic mass is 16.2. The zero-order valence-corrected chi connectivity index (χ0v) is 17.0. The fraction of sp³-hybridized carbons (Fsp3) is 0.542. The van der Waals surface area contributed by atoms with Gasteiger partial charge in [0.1, 0.15) is 0 Å². The second kappa shape index (κ2) is 9.38. The van der Waals surface area contributed by atoms with Crippen molar-refractivity contribution in [1.82, 2.24) is 10.3 Å². The van der Waals surface area contributed by atoms with Crippen molar-refractivity contribution in [3.8, 4) is 0 Å². The maximum atomic E-state index is 12.8. The van der Waals surface area contributed by atoms with Gasteiger partial charge in [-0.15, -0.1) is 0 Å². The molecular weight excluding hydrogens is 362 g/mol. The molecule has 0 spiro atoms. The van der Waals surface area contributed by atoms with Crippen LogP contribution in [0.1, 0.15) is 64.2 Å². The Kier molecular flexibility index (Phi) is 6.43. The molecule has 2 N–H and O–H groups in total. The number of carbonyl (C=O) groups excluding carboxylic acids is 2. The second-order valence-electron chi connectivity index (χ2n) is 8.62. The number of pyridine rings is 1. The van der Waals surface area contributed by atoms with Gasteiger partial charge in [0.25, 0.3) is 0 Å². The van der Waals surface area contributed by atoms with Crippen LogP contribution in [0.4, 0.5) is 5.69 Å². The molecule has 2 aliphatic rings. The molecule has 2 aliphatic carbocycles. The molecule has 29 heavy (non-hydrogen) atoms. The van der Waals surface area contributed by atoms with Gasteiger partial charge in [-0.3, -0.25) is 14.6 Å². The first-order valence-electron chi connectivity index (χ1n) is 11.2. The van der Waals surface area contributed by atoms with Crippen molar-refractivity contribution in [3.05, 3.63) is 36.5 Å². The average molecular weight is 394 g/mol. The molecule has 1 heterocycles. The predicted octanol–water partition coefficient (Wildman–Crippen LogP) is 4.82. The Morgan fingerprint density at radius 1 is 0.793 bits per heavy atom. The number of fused-ring (bicyclic) bond motifs is 1. The van der Waals surface area contributed by atoms with E-state index in [4.69, 9.17) is 0 Å². The number of hydrogen-bond donors (Lipinski definition) is 2. The normalized spacial score (nSPS) is 23.3. The third-order valence-corrected chi connectivity index (χ3v) is 6.56. The molecule has 2 amide bonds. The minimum Gasteiger partial charge on any atom is -0.353 e. The van der Waals surface area contributed by atoms with E-state index in [0.717, 1.165) is 55.1 Å². The molecule has 0 aliphatic heterocycles. The topological polar surface area (TPSA) is 71.1 Å². The van der Waals surface area contributed by atoms with Gasteiger partial charge in [0.05, 0.1) is 11.2 Å². The molecule has 2 fully saturated rings. The predicted molar refractivity (Wildman–Crippen MR) is 115 cm³/mol. The van der Waals surface area contributed by atoms with E-state index in [1.54, 1.807) is 6.20 Å². The monoisotopic (exact) mass is 393 g/mol. The lowest BCUT2D eigenvalue weighted by Gasteiger charge is -2.28. The number of nitrogens with one attached hydrogen (secondary N) is 2. The van der Waals surface area contributed by atoms with Crippen LogP contribution >= 0.6 is 0 Å². The first-order valence-corrected chi connectivity index (χ1v) is 11.2. The smallest absolute Gasteiger partial charge is 0.227 e. The van der Waals surface area contributed by atoms with Crippen LogP contribution in [0.2, 0.25) is 0 Å². The summed E-state index contributed by atoms with van der Waals surface area (Å²) in [6, 6.07) is 10.1. The molecule has 0 saturated heterocycles. The Hall–Kier alpha value is -2.43. The lowest BCUT2D eigenvalue weighted by atomic mass is 9.81. The van der Waals surface area contributed by atoms with Crippen molar-refractivity contribution >= 4 is 28.4 Å². The van der Waals surface area contributed by atoms with E-state index in [2.05, 4.69) is 15.6 Å². The molecule has 154 valence electrons. The Bertz CT molecular complexity index is 845. The number of aromatic nitrogens is 1. The molecule has 1 aromatic heterocycles. The summed E-state index contributed by atoms with van der Waals surface area (Å²) in [5, 5.41) is 7.37. The maximum Gasteiger partial charge on any atom is 0.227 e. The van der Waals surface area contributed by atoms with Crippen LogP contribution in [0.5, 0.6) is 0 Å². The number of para-hydroxylation sites is 1. The zero-order chi connectivity index (χ0) is 20.1. The Morgan fingerprint density at radius 2 is 1.45 bits per heavy atom. The molecule has 0 bridgehead atoms. The first-order chi connectivity index (χ1) is 14.2. The van der Waals surface area contributed by atoms with Crippen LogP contribution in [0, 0.1) is 11.8 Å². The van der Waals surface area contributed by atoms with Crippen molar-refractivity contribution in [2.75, 3.05) is 5.32 Å². The van der Waals surface area contributed by atoms with Gasteiger partial charge < -0.3 is 10.6 Å². The van der Waals surface area contributed by atoms with E-state index in [0.29, 0.717) is 6.04 Å². The number of amides is 2. The lowest BCUT2D eigenvalue weighted by Crippen LogP contribution is -2.40. The summed E-state index contributed by atoms with van der Waals surface area (Å²) >= 11 is 0. The van der Waals surface area contributed by atoms with E-state index in [1.807, 2.05) is 30.3 Å². The zero-order valence-electron chi connectivity index (χ0n) is 17.0. The fourth-order valence-electron chi connectivity index (χ4n) is 4.80. The Labute approximate surface area is 172 Å². The highest BCUT2D eigenvalue weighted by Gasteiger charge is 2.31. The molecular formula is C24H31N3O2. The summed E-state index contributed by atoms with van der Waals surface area (Å²) in [4.78, 5) is 29.9. The largest absolute Gasteiger partial charge is 0.353 e. The van der Waals surface area contributed by atoms with Crippen molar-refractivity contribution < 1.29 is 9.59 Å². The lowest BCUT2D eigenvalue weighted by molar-refractivity contribution is -0.129. The fourth-order valence-corrected chi connectivity index (χ4v) is 4.80. The molecule has 4 rings (SSSR count). The van der Waals surface area contributed by atoms with Gasteiger partial charge >= 0.3 is 0 Å². The second-order valence-corrected chi connectivity index (χ2v) is 8.62. The van der Waals surface area contributed by atoms with Crippen LogP contribution in [0.15, 0.2) is 36.5 Å². The Morgan fingerprint density at radius 3 is 2.17 bits per heavy atom. The van der Waals surface area contributed by atoms with Crippen molar-refractivity contribution in [3.63, 3.8) is 0 Å². The Balaban J connectivity index is 1.29. The molecule has 1 aromatic carbocycles. The average Bonchev–Trinajstić information content (AvgIpc) is 3.03. The van der Waals surface area contributed by atoms with E-state index in [1.165, 1.54) is 25.7 Å². The van der Waals surface area contributed by atoms with Crippen LogP contribution in [-0.4, -0.2) is 22.8 Å². The summed E-state index contributed by atoms with van der Waals surface area (Å²) in [5.41, 5.74) is 1.58. The van der Waals surface area contributed by atoms with Crippen LogP contribution in [0.25, 0.3) is 10.9 Å². The highest BCUT2D eigenvalue weighted by Crippen LogP contribution is 2.31. The third kappa shape index (κ3) is 4.95. The minimum atomic E-state index is -0.0316. The molecule has 5 nitrogen and oxygen atoms in total. The molecule has 0 unspecified atom stereocenters. The van der Waals surface area contributed by atoms with Crippen molar-refractivity contribution in [2.45, 2.75) is 70.3 Å². The molecule has 2 aromatic rings. The van der Waals surface area contributed by atoms with Gasteiger partial charge in [0.15, 0.2) is 0 Å². The van der Waals surface area contributed by atoms with Gasteiger partial charge in [-0.05, 0) is 50.7 Å². The number of nitrogens with zero attached hydrogens (tertiary/aromatic N) is 1. The molecule has 0 radical (unpaired) electrons. The summed E-state index contributed by atoms with van der Waals surface area (Å²) in [6.45, 7) is 0. The summed E-state index contributed by atoms with van der Waals surface area (Å²) in [6.07, 6.45) is 12.1.